The molecule has 1 unspecified atom stereocenters. The Kier molecular flexibility index (Phi) is 6.32. The van der Waals surface area contributed by atoms with Crippen LogP contribution in [0, 0.1) is 15.9 Å². The third-order valence-electron chi connectivity index (χ3n) is 3.84. The number of nitrogens with zero attached hydrogens (tertiary/aromatic N) is 1. The van der Waals surface area contributed by atoms with Gasteiger partial charge < -0.3 is 15.7 Å². The average molecular weight is 435 g/mol. The number of carbonyl (C=O) groups excluding carboxylic acids is 2. The van der Waals surface area contributed by atoms with Crippen LogP contribution in [0.15, 0.2) is 47.2 Å². The van der Waals surface area contributed by atoms with Crippen LogP contribution in [0.25, 0.3) is 0 Å². The van der Waals surface area contributed by atoms with Gasteiger partial charge in [-0.05, 0) is 46.7 Å². The lowest BCUT2D eigenvalue weighted by atomic mass is 10.2. The van der Waals surface area contributed by atoms with E-state index in [9.17, 15) is 29.2 Å². The van der Waals surface area contributed by atoms with E-state index in [0.29, 0.717) is 4.88 Å². The lowest BCUT2D eigenvalue weighted by molar-refractivity contribution is -0.387. The van der Waals surface area contributed by atoms with E-state index in [1.165, 1.54) is 22.7 Å². The van der Waals surface area contributed by atoms with Gasteiger partial charge in [-0.1, -0.05) is 0 Å². The molecular formula is C18H14FN3O5S2. The summed E-state index contributed by atoms with van der Waals surface area (Å²) in [5.41, 5.74) is -0.103. The van der Waals surface area contributed by atoms with Gasteiger partial charge in [0, 0.05) is 21.5 Å². The number of carbonyl (C=O) groups is 2. The zero-order chi connectivity index (χ0) is 21.0. The Balaban J connectivity index is 1.56. The van der Waals surface area contributed by atoms with E-state index < -0.39 is 34.3 Å². The van der Waals surface area contributed by atoms with Crippen LogP contribution in [0.2, 0.25) is 0 Å². The maximum Gasteiger partial charge on any atom is 0.313 e. The first-order valence-corrected chi connectivity index (χ1v) is 9.93. The van der Waals surface area contributed by atoms with Crippen molar-refractivity contribution in [2.45, 2.75) is 12.6 Å². The maximum atomic E-state index is 13.3. The van der Waals surface area contributed by atoms with Crippen LogP contribution in [0.3, 0.4) is 0 Å². The summed E-state index contributed by atoms with van der Waals surface area (Å²) in [4.78, 5) is 35.1. The second kappa shape index (κ2) is 8.90. The molecule has 11 heteroatoms. The highest BCUT2D eigenvalue weighted by Crippen LogP contribution is 2.29. The Morgan fingerprint density at radius 3 is 2.69 bits per heavy atom. The van der Waals surface area contributed by atoms with Crippen molar-refractivity contribution in [3.05, 3.63) is 78.4 Å². The second-order valence-electron chi connectivity index (χ2n) is 5.82. The first-order chi connectivity index (χ1) is 13.8. The summed E-state index contributed by atoms with van der Waals surface area (Å²) in [6, 6.07) is 8.07. The first kappa shape index (κ1) is 20.6. The predicted octanol–water partition coefficient (Wildman–Crippen LogP) is 3.19. The third kappa shape index (κ3) is 5.02. The van der Waals surface area contributed by atoms with Crippen LogP contribution in [0.4, 0.5) is 15.8 Å². The van der Waals surface area contributed by atoms with E-state index in [4.69, 9.17) is 0 Å². The maximum absolute atomic E-state index is 13.3. The number of rotatable bonds is 6. The zero-order valence-electron chi connectivity index (χ0n) is 14.6. The summed E-state index contributed by atoms with van der Waals surface area (Å²) in [5, 5.41) is 29.3. The molecule has 0 aliphatic carbocycles. The monoisotopic (exact) mass is 435 g/mol. The number of nitrogens with one attached hydrogen (secondary N) is 2. The molecule has 8 nitrogen and oxygen atoms in total. The number of benzene rings is 1. The van der Waals surface area contributed by atoms with Gasteiger partial charge in [0.15, 0.2) is 0 Å². The molecule has 2 amide bonds. The summed E-state index contributed by atoms with van der Waals surface area (Å²) < 4.78 is 13.3. The molecular weight excluding hydrogens is 421 g/mol. The molecule has 0 aliphatic heterocycles. The normalized spacial score (nSPS) is 11.7. The van der Waals surface area contributed by atoms with Gasteiger partial charge in [-0.3, -0.25) is 19.7 Å². The molecule has 2 aromatic heterocycles. The molecule has 0 spiro atoms. The minimum atomic E-state index is -1.05. The summed E-state index contributed by atoms with van der Waals surface area (Å²) in [6.45, 7) is 0.0663. The van der Waals surface area contributed by atoms with Gasteiger partial charge in [0.25, 0.3) is 0 Å². The summed E-state index contributed by atoms with van der Waals surface area (Å²) >= 11 is 2.77. The molecule has 3 aromatic rings. The minimum absolute atomic E-state index is 0.0663. The number of nitro groups is 1. The summed E-state index contributed by atoms with van der Waals surface area (Å²) in [6.07, 6.45) is -0.756. The van der Waals surface area contributed by atoms with Gasteiger partial charge >= 0.3 is 17.5 Å². The number of halogens is 1. The fourth-order valence-corrected chi connectivity index (χ4v) is 4.04. The van der Waals surface area contributed by atoms with E-state index in [-0.39, 0.29) is 12.2 Å². The SMILES string of the molecule is O=C(NCc1ccc(C(O)c2ccsc2)s1)C(=O)Nc1ccc(F)c([N+](=O)[O-])c1. The number of hydrogen-bond donors (Lipinski definition) is 3. The van der Waals surface area contributed by atoms with E-state index in [0.717, 1.165) is 28.6 Å². The molecule has 0 aliphatic rings. The van der Waals surface area contributed by atoms with E-state index >= 15 is 0 Å². The molecule has 0 radical (unpaired) electrons. The smallest absolute Gasteiger partial charge is 0.313 e. The summed E-state index contributed by atoms with van der Waals surface area (Å²) in [5.74, 6) is -3.04. The largest absolute Gasteiger partial charge is 0.383 e. The lowest BCUT2D eigenvalue weighted by Gasteiger charge is -2.07. The van der Waals surface area contributed by atoms with Gasteiger partial charge in [-0.2, -0.15) is 15.7 Å². The molecule has 2 heterocycles. The Morgan fingerprint density at radius 1 is 1.21 bits per heavy atom. The Hall–Kier alpha value is -3.15. The van der Waals surface area contributed by atoms with Gasteiger partial charge in [-0.15, -0.1) is 11.3 Å². The van der Waals surface area contributed by atoms with Gasteiger partial charge in [0.05, 0.1) is 11.5 Å². The molecule has 0 bridgehead atoms. The standard InChI is InChI=1S/C18H14FN3O5S2/c19-13-3-1-11(7-14(13)22(26)27)21-18(25)17(24)20-8-12-2-4-15(29-12)16(23)10-5-6-28-9-10/h1-7,9,16,23H,8H2,(H,20,24)(H,21,25). The van der Waals surface area contributed by atoms with Crippen LogP contribution in [0.5, 0.6) is 0 Å². The fraction of sp³-hybridized carbons (Fsp3) is 0.111. The molecule has 1 aromatic carbocycles. The minimum Gasteiger partial charge on any atom is -0.383 e. The highest BCUT2D eigenvalue weighted by molar-refractivity contribution is 7.12. The number of hydrogen-bond acceptors (Lipinski definition) is 7. The molecule has 1 atom stereocenters. The fourth-order valence-electron chi connectivity index (χ4n) is 2.40. The van der Waals surface area contributed by atoms with Crippen LogP contribution < -0.4 is 10.6 Å². The highest BCUT2D eigenvalue weighted by atomic mass is 32.1. The molecule has 0 saturated heterocycles. The molecule has 0 fully saturated rings. The topological polar surface area (TPSA) is 122 Å². The third-order valence-corrected chi connectivity index (χ3v) is 5.68. The Bertz CT molecular complexity index is 1050. The molecule has 0 saturated carbocycles. The number of aliphatic hydroxyl groups is 1. The highest BCUT2D eigenvalue weighted by Gasteiger charge is 2.19. The van der Waals surface area contributed by atoms with Crippen molar-refractivity contribution in [1.82, 2.24) is 5.32 Å². The lowest BCUT2D eigenvalue weighted by Crippen LogP contribution is -2.34. The molecule has 29 heavy (non-hydrogen) atoms. The van der Waals surface area contributed by atoms with Crippen LogP contribution in [-0.4, -0.2) is 21.8 Å². The van der Waals surface area contributed by atoms with Crippen molar-refractivity contribution in [3.8, 4) is 0 Å². The number of thiophene rings is 2. The van der Waals surface area contributed by atoms with E-state index in [2.05, 4.69) is 10.6 Å². The second-order valence-corrected chi connectivity index (χ2v) is 7.80. The van der Waals surface area contributed by atoms with Crippen molar-refractivity contribution in [2.75, 3.05) is 5.32 Å². The number of nitro benzene ring substituents is 1. The Labute approximate surface area is 171 Å². The molecule has 150 valence electrons. The van der Waals surface area contributed by atoms with Gasteiger partial charge in [-0.25, -0.2) is 0 Å². The van der Waals surface area contributed by atoms with Gasteiger partial charge in [0.2, 0.25) is 5.82 Å². The van der Waals surface area contributed by atoms with Crippen molar-refractivity contribution in [3.63, 3.8) is 0 Å². The quantitative estimate of drug-likeness (QED) is 0.312. The first-order valence-electron chi connectivity index (χ1n) is 8.17. The Morgan fingerprint density at radius 2 is 2.00 bits per heavy atom. The van der Waals surface area contributed by atoms with Gasteiger partial charge in [0.1, 0.15) is 6.10 Å². The summed E-state index contributed by atoms with van der Waals surface area (Å²) in [7, 11) is 0. The van der Waals surface area contributed by atoms with Crippen molar-refractivity contribution in [1.29, 1.82) is 0 Å². The number of anilines is 1. The van der Waals surface area contributed by atoms with Crippen LogP contribution in [-0.2, 0) is 16.1 Å². The number of aliphatic hydroxyl groups excluding tert-OH is 1. The van der Waals surface area contributed by atoms with Crippen LogP contribution in [0.1, 0.15) is 21.4 Å². The van der Waals surface area contributed by atoms with Crippen LogP contribution >= 0.6 is 22.7 Å². The van der Waals surface area contributed by atoms with Crippen molar-refractivity contribution in [2.24, 2.45) is 0 Å². The zero-order valence-corrected chi connectivity index (χ0v) is 16.3. The predicted molar refractivity (Wildman–Crippen MR) is 106 cm³/mol. The van der Waals surface area contributed by atoms with Crippen molar-refractivity contribution >= 4 is 45.9 Å². The average Bonchev–Trinajstić information content (AvgIpc) is 3.39. The van der Waals surface area contributed by atoms with Crippen molar-refractivity contribution < 1.29 is 24.0 Å². The number of amides is 2. The van der Waals surface area contributed by atoms with E-state index in [1.807, 2.05) is 16.8 Å². The van der Waals surface area contributed by atoms with E-state index in [1.54, 1.807) is 12.1 Å². The molecule has 3 rings (SSSR count). The molecule has 3 N–H and O–H groups in total.